The molecule has 0 aliphatic rings. The summed E-state index contributed by atoms with van der Waals surface area (Å²) < 4.78 is 67.6. The van der Waals surface area contributed by atoms with E-state index in [9.17, 15) is 43.2 Å². The van der Waals surface area contributed by atoms with Crippen LogP contribution in [0.4, 0.5) is 0 Å². The zero-order valence-electron chi connectivity index (χ0n) is 50.0. The summed E-state index contributed by atoms with van der Waals surface area (Å²) in [7, 11) is -9.87. The van der Waals surface area contributed by atoms with E-state index in [1.54, 1.807) is 0 Å². The van der Waals surface area contributed by atoms with Gasteiger partial charge in [-0.25, -0.2) is 9.13 Å². The molecule has 78 heavy (non-hydrogen) atoms. The van der Waals surface area contributed by atoms with E-state index in [1.807, 2.05) is 0 Å². The average Bonchev–Trinajstić information content (AvgIpc) is 3.39. The van der Waals surface area contributed by atoms with Gasteiger partial charge in [0.15, 0.2) is 12.2 Å². The Kier molecular flexibility index (Phi) is 50.6. The molecule has 0 heterocycles. The number of unbranched alkanes of at least 4 members (excludes halogenated alkanes) is 28. The fourth-order valence-electron chi connectivity index (χ4n) is 8.65. The largest absolute Gasteiger partial charge is 0.472 e. The van der Waals surface area contributed by atoms with Crippen LogP contribution in [0.5, 0.6) is 0 Å². The van der Waals surface area contributed by atoms with Gasteiger partial charge in [-0.15, -0.1) is 0 Å². The second-order valence-electron chi connectivity index (χ2n) is 22.3. The number of hydrogen-bond donors (Lipinski definition) is 3. The van der Waals surface area contributed by atoms with E-state index in [1.165, 1.54) is 77.0 Å². The summed E-state index contributed by atoms with van der Waals surface area (Å²) in [6, 6.07) is 0. The fraction of sp³-hybridized carbons (Fsp3) is 0.932. The molecule has 0 saturated heterocycles. The van der Waals surface area contributed by atoms with Gasteiger partial charge in [0, 0.05) is 25.7 Å². The SMILES string of the molecule is CCCCCCCCCC(=O)OC[C@H](COP(=O)(O)OC[C@H](O)COP(=O)(O)OC[C@@H](COC(=O)CCCCCCCCCCC(C)C)OC(=O)CCCCCCCCCCCCC(C)C)OC(=O)CCCCCCCCC. The minimum absolute atomic E-state index is 0.103. The van der Waals surface area contributed by atoms with Crippen LogP contribution >= 0.6 is 15.6 Å². The molecule has 0 aromatic heterocycles. The van der Waals surface area contributed by atoms with Crippen molar-refractivity contribution in [1.82, 2.24) is 0 Å². The Balaban J connectivity index is 5.20. The molecule has 0 aliphatic heterocycles. The van der Waals surface area contributed by atoms with Crippen LogP contribution in [0, 0.1) is 11.8 Å². The third-order valence-corrected chi connectivity index (χ3v) is 15.4. The minimum atomic E-state index is -4.94. The van der Waals surface area contributed by atoms with E-state index in [0.29, 0.717) is 25.7 Å². The number of phosphoric ester groups is 2. The third kappa shape index (κ3) is 53.4. The molecule has 5 atom stereocenters. The Labute approximate surface area is 473 Å². The Hall–Kier alpha value is -1.94. The number of aliphatic hydroxyl groups excluding tert-OH is 1. The zero-order valence-corrected chi connectivity index (χ0v) is 51.7. The number of carbonyl (C=O) groups excluding carboxylic acids is 4. The fourth-order valence-corrected chi connectivity index (χ4v) is 10.2. The molecule has 2 unspecified atom stereocenters. The lowest BCUT2D eigenvalue weighted by atomic mass is 10.0. The van der Waals surface area contributed by atoms with E-state index < -0.39 is 97.5 Å². The van der Waals surface area contributed by atoms with Crippen molar-refractivity contribution in [2.45, 2.75) is 304 Å². The Morgan fingerprint density at radius 3 is 0.872 bits per heavy atom. The van der Waals surface area contributed by atoms with Crippen molar-refractivity contribution in [3.63, 3.8) is 0 Å². The van der Waals surface area contributed by atoms with Gasteiger partial charge in [0.05, 0.1) is 26.4 Å². The first-order valence-electron chi connectivity index (χ1n) is 31.0. The summed E-state index contributed by atoms with van der Waals surface area (Å²) in [4.78, 5) is 71.7. The zero-order chi connectivity index (χ0) is 58.0. The number of hydrogen-bond acceptors (Lipinski definition) is 15. The summed E-state index contributed by atoms with van der Waals surface area (Å²) in [5.74, 6) is -0.672. The van der Waals surface area contributed by atoms with Crippen molar-refractivity contribution in [1.29, 1.82) is 0 Å². The molecule has 0 fully saturated rings. The van der Waals surface area contributed by atoms with Gasteiger partial charge in [0.1, 0.15) is 19.3 Å². The smallest absolute Gasteiger partial charge is 0.462 e. The van der Waals surface area contributed by atoms with Crippen LogP contribution in [-0.4, -0.2) is 96.7 Å². The molecule has 0 radical (unpaired) electrons. The molecule has 0 bridgehead atoms. The molecule has 0 aliphatic carbocycles. The highest BCUT2D eigenvalue weighted by atomic mass is 31.2. The summed E-state index contributed by atoms with van der Waals surface area (Å²) in [5, 5.41) is 10.5. The standard InChI is InChI=1S/C59H114O17P2/c1-7-9-11-13-21-29-35-41-56(61)69-47-54(75-58(63)43-37-31-22-14-12-10-8-2)49-73-77(65,66)71-45-53(60)46-72-78(67,68)74-50-55(48-70-57(62)42-36-30-25-20-19-24-28-34-40-52(5)6)76-59(64)44-38-32-26-18-16-15-17-23-27-33-39-51(3)4/h51-55,60H,7-50H2,1-6H3,(H,65,66)(H,67,68)/t53-,54+,55+/m0/s1. The van der Waals surface area contributed by atoms with Crippen LogP contribution in [0.3, 0.4) is 0 Å². The van der Waals surface area contributed by atoms with Gasteiger partial charge >= 0.3 is 39.5 Å². The minimum Gasteiger partial charge on any atom is -0.462 e. The number of ether oxygens (including phenoxy) is 4. The molecule has 0 amide bonds. The number of aliphatic hydroxyl groups is 1. The van der Waals surface area contributed by atoms with Crippen molar-refractivity contribution in [2.24, 2.45) is 11.8 Å². The Morgan fingerprint density at radius 2 is 0.590 bits per heavy atom. The summed E-state index contributed by atoms with van der Waals surface area (Å²) in [6.07, 6.45) is 32.4. The van der Waals surface area contributed by atoms with Crippen LogP contribution in [0.15, 0.2) is 0 Å². The number of carbonyl (C=O) groups is 4. The van der Waals surface area contributed by atoms with Crippen LogP contribution < -0.4 is 0 Å². The maximum atomic E-state index is 12.9. The summed E-state index contributed by atoms with van der Waals surface area (Å²) in [6.45, 7) is 9.32. The third-order valence-electron chi connectivity index (χ3n) is 13.5. The lowest BCUT2D eigenvalue weighted by molar-refractivity contribution is -0.161. The van der Waals surface area contributed by atoms with Crippen molar-refractivity contribution in [3.05, 3.63) is 0 Å². The van der Waals surface area contributed by atoms with Crippen molar-refractivity contribution < 1.29 is 80.2 Å². The molecule has 0 aromatic rings. The average molecular weight is 1160 g/mol. The van der Waals surface area contributed by atoms with Crippen LogP contribution in [0.25, 0.3) is 0 Å². The maximum absolute atomic E-state index is 12.9. The number of rotatable bonds is 58. The second kappa shape index (κ2) is 51.9. The van der Waals surface area contributed by atoms with Gasteiger partial charge < -0.3 is 33.8 Å². The first-order valence-corrected chi connectivity index (χ1v) is 34.0. The predicted molar refractivity (Wildman–Crippen MR) is 308 cm³/mol. The van der Waals surface area contributed by atoms with Crippen molar-refractivity contribution in [3.8, 4) is 0 Å². The molecular formula is C59H114O17P2. The number of phosphoric acid groups is 2. The summed E-state index contributed by atoms with van der Waals surface area (Å²) >= 11 is 0. The quantitative estimate of drug-likeness (QED) is 0.0222. The molecular weight excluding hydrogens is 1040 g/mol. The lowest BCUT2D eigenvalue weighted by Crippen LogP contribution is -2.30. The first kappa shape index (κ1) is 76.1. The maximum Gasteiger partial charge on any atom is 0.472 e. The van der Waals surface area contributed by atoms with Gasteiger partial charge in [-0.05, 0) is 37.5 Å². The molecule has 19 heteroatoms. The topological polar surface area (TPSA) is 237 Å². The van der Waals surface area contributed by atoms with Gasteiger partial charge in [-0.1, -0.05) is 234 Å². The molecule has 0 spiro atoms. The molecule has 462 valence electrons. The normalized spacial score (nSPS) is 14.4. The van der Waals surface area contributed by atoms with Gasteiger partial charge in [-0.3, -0.25) is 37.3 Å². The highest BCUT2D eigenvalue weighted by molar-refractivity contribution is 7.47. The highest BCUT2D eigenvalue weighted by Gasteiger charge is 2.30. The van der Waals surface area contributed by atoms with Gasteiger partial charge in [0.25, 0.3) is 0 Å². The molecule has 0 aromatic carbocycles. The van der Waals surface area contributed by atoms with Crippen LogP contribution in [0.1, 0.15) is 286 Å². The van der Waals surface area contributed by atoms with Crippen molar-refractivity contribution >= 4 is 39.5 Å². The van der Waals surface area contributed by atoms with E-state index >= 15 is 0 Å². The van der Waals surface area contributed by atoms with E-state index in [4.69, 9.17) is 37.0 Å². The molecule has 0 saturated carbocycles. The second-order valence-corrected chi connectivity index (χ2v) is 25.2. The number of esters is 4. The lowest BCUT2D eigenvalue weighted by Gasteiger charge is -2.21. The van der Waals surface area contributed by atoms with E-state index in [2.05, 4.69) is 41.5 Å². The highest BCUT2D eigenvalue weighted by Crippen LogP contribution is 2.45. The molecule has 17 nitrogen and oxygen atoms in total. The predicted octanol–water partition coefficient (Wildman–Crippen LogP) is 15.7. The molecule has 3 N–H and O–H groups in total. The Bertz CT molecular complexity index is 1550. The van der Waals surface area contributed by atoms with Crippen LogP contribution in [-0.2, 0) is 65.4 Å². The van der Waals surface area contributed by atoms with E-state index in [-0.39, 0.29) is 25.7 Å². The first-order chi connectivity index (χ1) is 37.4. The van der Waals surface area contributed by atoms with Gasteiger partial charge in [0.2, 0.25) is 0 Å². The summed E-state index contributed by atoms with van der Waals surface area (Å²) in [5.41, 5.74) is 0. The Morgan fingerprint density at radius 1 is 0.346 bits per heavy atom. The van der Waals surface area contributed by atoms with Crippen molar-refractivity contribution in [2.75, 3.05) is 39.6 Å². The van der Waals surface area contributed by atoms with Crippen LogP contribution in [0.2, 0.25) is 0 Å². The van der Waals surface area contributed by atoms with Gasteiger partial charge in [-0.2, -0.15) is 0 Å². The monoisotopic (exact) mass is 1160 g/mol. The molecule has 0 rings (SSSR count). The van der Waals surface area contributed by atoms with E-state index in [0.717, 1.165) is 127 Å².